The Bertz CT molecular complexity index is 662. The molecule has 33 heavy (non-hydrogen) atoms. The summed E-state index contributed by atoms with van der Waals surface area (Å²) in [7, 11) is 0. The minimum absolute atomic E-state index is 0.254. The van der Waals surface area contributed by atoms with Gasteiger partial charge in [0.2, 0.25) is 6.79 Å². The normalized spacial score (nSPS) is 47.0. The highest BCUT2D eigenvalue weighted by Gasteiger charge is 2.52. The third-order valence-corrected chi connectivity index (χ3v) is 9.56. The zero-order valence-electron chi connectivity index (χ0n) is 21.0. The predicted octanol–water partition coefficient (Wildman–Crippen LogP) is 4.75. The Morgan fingerprint density at radius 1 is 0.667 bits per heavy atom. The number of ether oxygens (including phenoxy) is 2. The number of carbonyl (C=O) groups excluding carboxylic acids is 2. The van der Waals surface area contributed by atoms with E-state index in [0.717, 1.165) is 64.2 Å². The van der Waals surface area contributed by atoms with Crippen molar-refractivity contribution in [2.24, 2.45) is 34.5 Å². The summed E-state index contributed by atoms with van der Waals surface area (Å²) < 4.78 is 11.2. The van der Waals surface area contributed by atoms with Crippen LogP contribution in [0.2, 0.25) is 0 Å². The number of fused-ring (bicyclic) bond motifs is 4. The van der Waals surface area contributed by atoms with E-state index in [-0.39, 0.29) is 18.7 Å². The van der Waals surface area contributed by atoms with Crippen LogP contribution in [0.5, 0.6) is 0 Å². The van der Waals surface area contributed by atoms with Crippen LogP contribution in [0.25, 0.3) is 0 Å². The zero-order valence-corrected chi connectivity index (χ0v) is 21.0. The van der Waals surface area contributed by atoms with Crippen molar-refractivity contribution in [2.75, 3.05) is 6.79 Å². The molecule has 0 heterocycles. The first-order chi connectivity index (χ1) is 15.4. The Morgan fingerprint density at radius 2 is 0.970 bits per heavy atom. The number of hydrogen-bond acceptors (Lipinski definition) is 6. The SMILES string of the molecule is CCC1(C(=O)OCOC(=O)C2(CC)CC3CC(CC(C)(O)C3)C2)CC2CC(CC(C)(O)C2)C1. The van der Waals surface area contributed by atoms with Gasteiger partial charge in [0.1, 0.15) is 0 Å². The quantitative estimate of drug-likeness (QED) is 0.435. The first kappa shape index (κ1) is 25.0. The van der Waals surface area contributed by atoms with Crippen molar-refractivity contribution in [3.8, 4) is 0 Å². The van der Waals surface area contributed by atoms with Gasteiger partial charge in [-0.25, -0.2) is 0 Å². The molecule has 0 radical (unpaired) electrons. The average molecular weight is 465 g/mol. The molecule has 6 heteroatoms. The molecule has 4 aliphatic rings. The Kier molecular flexibility index (Phi) is 6.67. The van der Waals surface area contributed by atoms with Crippen molar-refractivity contribution in [3.63, 3.8) is 0 Å². The molecular weight excluding hydrogens is 420 g/mol. The molecule has 188 valence electrons. The van der Waals surface area contributed by atoms with Crippen LogP contribution in [0, 0.1) is 34.5 Å². The maximum absolute atomic E-state index is 13.2. The first-order valence-electron chi connectivity index (χ1n) is 13.2. The fraction of sp³-hybridized carbons (Fsp3) is 0.926. The Balaban J connectivity index is 1.34. The summed E-state index contributed by atoms with van der Waals surface area (Å²) in [5.74, 6) is 0.844. The van der Waals surface area contributed by atoms with E-state index in [1.165, 1.54) is 0 Å². The number of rotatable bonds is 6. The van der Waals surface area contributed by atoms with Gasteiger partial charge in [0.05, 0.1) is 22.0 Å². The molecule has 0 aromatic carbocycles. The van der Waals surface area contributed by atoms with Crippen LogP contribution in [-0.4, -0.2) is 40.1 Å². The summed E-state index contributed by atoms with van der Waals surface area (Å²) in [4.78, 5) is 26.4. The Morgan fingerprint density at radius 3 is 1.24 bits per heavy atom. The molecule has 0 saturated heterocycles. The summed E-state index contributed by atoms with van der Waals surface area (Å²) in [6.07, 6.45) is 9.48. The highest BCUT2D eigenvalue weighted by atomic mass is 16.7. The zero-order chi connectivity index (χ0) is 24.1. The smallest absolute Gasteiger partial charge is 0.314 e. The molecule has 4 atom stereocenters. The lowest BCUT2D eigenvalue weighted by Gasteiger charge is -2.49. The van der Waals surface area contributed by atoms with Gasteiger partial charge in [-0.2, -0.15) is 0 Å². The summed E-state index contributed by atoms with van der Waals surface area (Å²) >= 11 is 0. The first-order valence-corrected chi connectivity index (χ1v) is 13.2. The molecule has 0 aliphatic heterocycles. The molecule has 4 rings (SSSR count). The summed E-state index contributed by atoms with van der Waals surface area (Å²) in [6, 6.07) is 0. The summed E-state index contributed by atoms with van der Waals surface area (Å²) in [5, 5.41) is 21.1. The largest absolute Gasteiger partial charge is 0.427 e. The van der Waals surface area contributed by atoms with Crippen LogP contribution in [-0.2, 0) is 19.1 Å². The van der Waals surface area contributed by atoms with Gasteiger partial charge in [0, 0.05) is 0 Å². The van der Waals surface area contributed by atoms with E-state index in [0.29, 0.717) is 36.5 Å². The van der Waals surface area contributed by atoms with E-state index in [4.69, 9.17) is 9.47 Å². The van der Waals surface area contributed by atoms with Crippen molar-refractivity contribution >= 4 is 11.9 Å². The highest BCUT2D eigenvalue weighted by molar-refractivity contribution is 5.78. The van der Waals surface area contributed by atoms with Crippen LogP contribution < -0.4 is 0 Å². The van der Waals surface area contributed by atoms with Crippen LogP contribution in [0.4, 0.5) is 0 Å². The molecule has 4 fully saturated rings. The van der Waals surface area contributed by atoms with Crippen LogP contribution in [0.15, 0.2) is 0 Å². The number of aliphatic hydroxyl groups is 2. The fourth-order valence-corrected chi connectivity index (χ4v) is 8.57. The minimum Gasteiger partial charge on any atom is -0.427 e. The predicted molar refractivity (Wildman–Crippen MR) is 124 cm³/mol. The van der Waals surface area contributed by atoms with Crippen molar-refractivity contribution < 1.29 is 29.3 Å². The number of hydrogen-bond donors (Lipinski definition) is 2. The lowest BCUT2D eigenvalue weighted by atomic mass is 9.57. The Hall–Kier alpha value is -1.14. The highest BCUT2D eigenvalue weighted by Crippen LogP contribution is 2.54. The van der Waals surface area contributed by atoms with Gasteiger partial charge in [0.15, 0.2) is 0 Å². The summed E-state index contributed by atoms with van der Waals surface area (Å²) in [5.41, 5.74) is -2.33. The van der Waals surface area contributed by atoms with Gasteiger partial charge in [-0.3, -0.25) is 9.59 Å². The molecule has 4 bridgehead atoms. The maximum atomic E-state index is 13.2. The lowest BCUT2D eigenvalue weighted by molar-refractivity contribution is -0.190. The second kappa shape index (κ2) is 8.82. The van der Waals surface area contributed by atoms with Crippen LogP contribution >= 0.6 is 0 Å². The van der Waals surface area contributed by atoms with Gasteiger partial charge in [-0.05, 0) is 115 Å². The minimum atomic E-state index is -0.632. The van der Waals surface area contributed by atoms with E-state index in [1.807, 2.05) is 27.7 Å². The van der Waals surface area contributed by atoms with Crippen molar-refractivity contribution in [3.05, 3.63) is 0 Å². The second-order valence-corrected chi connectivity index (χ2v) is 12.8. The topological polar surface area (TPSA) is 93.1 Å². The van der Waals surface area contributed by atoms with Crippen molar-refractivity contribution in [2.45, 2.75) is 116 Å². The molecule has 0 amide bonds. The van der Waals surface area contributed by atoms with Gasteiger partial charge in [-0.1, -0.05) is 13.8 Å². The number of carbonyl (C=O) groups is 2. The third-order valence-electron chi connectivity index (χ3n) is 9.56. The molecule has 4 saturated carbocycles. The monoisotopic (exact) mass is 464 g/mol. The van der Waals surface area contributed by atoms with Gasteiger partial charge in [0.25, 0.3) is 0 Å². The molecule has 2 N–H and O–H groups in total. The van der Waals surface area contributed by atoms with E-state index in [9.17, 15) is 19.8 Å². The van der Waals surface area contributed by atoms with E-state index >= 15 is 0 Å². The molecule has 0 aromatic rings. The van der Waals surface area contributed by atoms with Crippen molar-refractivity contribution in [1.29, 1.82) is 0 Å². The average Bonchev–Trinajstić information content (AvgIpc) is 2.69. The van der Waals surface area contributed by atoms with Crippen LogP contribution in [0.3, 0.4) is 0 Å². The Labute approximate surface area is 198 Å². The molecule has 0 aromatic heterocycles. The van der Waals surface area contributed by atoms with Gasteiger partial charge in [-0.15, -0.1) is 0 Å². The van der Waals surface area contributed by atoms with E-state index in [2.05, 4.69) is 0 Å². The van der Waals surface area contributed by atoms with Crippen LogP contribution in [0.1, 0.15) is 105 Å². The van der Waals surface area contributed by atoms with Crippen molar-refractivity contribution in [1.82, 2.24) is 0 Å². The molecule has 4 aliphatic carbocycles. The fourth-order valence-electron chi connectivity index (χ4n) is 8.57. The van der Waals surface area contributed by atoms with E-state index < -0.39 is 22.0 Å². The molecule has 4 unspecified atom stereocenters. The number of esters is 2. The van der Waals surface area contributed by atoms with Gasteiger partial charge < -0.3 is 19.7 Å². The molecule has 6 nitrogen and oxygen atoms in total. The summed E-state index contributed by atoms with van der Waals surface area (Å²) in [6.45, 7) is 7.57. The second-order valence-electron chi connectivity index (χ2n) is 12.8. The third kappa shape index (κ3) is 5.12. The van der Waals surface area contributed by atoms with E-state index in [1.54, 1.807) is 0 Å². The maximum Gasteiger partial charge on any atom is 0.314 e. The molecule has 0 spiro atoms. The standard InChI is InChI=1S/C27H44O6/c1-5-26(13-18-7-19(14-26)10-24(3,30)9-18)22(28)32-17-33-23(29)27(6-2)15-20-8-21(16-27)12-25(4,31)11-20/h18-21,30-31H,5-17H2,1-4H3. The lowest BCUT2D eigenvalue weighted by Crippen LogP contribution is -2.48. The molecular formula is C27H44O6. The van der Waals surface area contributed by atoms with Gasteiger partial charge >= 0.3 is 11.9 Å².